The summed E-state index contributed by atoms with van der Waals surface area (Å²) in [4.78, 5) is 1.13. The van der Waals surface area contributed by atoms with Crippen molar-refractivity contribution in [2.75, 3.05) is 5.43 Å². The van der Waals surface area contributed by atoms with Crippen molar-refractivity contribution in [3.8, 4) is 0 Å². The maximum absolute atomic E-state index is 5.54. The quantitative estimate of drug-likeness (QED) is 0.395. The molecule has 50 valence electrons. The highest BCUT2D eigenvalue weighted by molar-refractivity contribution is 7.10. The number of nitrogen functional groups attached to an aromatic ring is 1. The number of rotatable bonds is 2. The van der Waals surface area contributed by atoms with Crippen LogP contribution in [-0.2, 0) is 5.88 Å². The van der Waals surface area contributed by atoms with Gasteiger partial charge in [0.1, 0.15) is 0 Å². The smallest absolute Gasteiger partial charge is 0.0595 e. The van der Waals surface area contributed by atoms with Crippen LogP contribution in [0, 0.1) is 0 Å². The molecule has 0 radical (unpaired) electrons. The van der Waals surface area contributed by atoms with E-state index in [0.29, 0.717) is 5.88 Å². The predicted molar refractivity (Wildman–Crippen MR) is 41.7 cm³/mol. The fraction of sp³-hybridized carbons (Fsp3) is 0.200. The fourth-order valence-electron chi connectivity index (χ4n) is 0.526. The molecule has 0 aliphatic carbocycles. The summed E-state index contributed by atoms with van der Waals surface area (Å²) in [5, 5.41) is 1.93. The van der Waals surface area contributed by atoms with Crippen LogP contribution in [0.5, 0.6) is 0 Å². The van der Waals surface area contributed by atoms with Crippen LogP contribution in [0.1, 0.15) is 4.88 Å². The van der Waals surface area contributed by atoms with Crippen LogP contribution in [0.4, 0.5) is 5.69 Å². The lowest BCUT2D eigenvalue weighted by Crippen LogP contribution is -2.04. The van der Waals surface area contributed by atoms with Gasteiger partial charge in [0.05, 0.1) is 11.6 Å². The lowest BCUT2D eigenvalue weighted by Gasteiger charge is -1.88. The highest BCUT2D eigenvalue weighted by Gasteiger charge is 1.94. The predicted octanol–water partition coefficient (Wildman–Crippen LogP) is 1.77. The summed E-state index contributed by atoms with van der Waals surface area (Å²) >= 11 is 7.14. The van der Waals surface area contributed by atoms with E-state index in [9.17, 15) is 0 Å². The minimum atomic E-state index is 0.562. The van der Waals surface area contributed by atoms with E-state index in [4.69, 9.17) is 17.4 Å². The van der Waals surface area contributed by atoms with Gasteiger partial charge in [-0.2, -0.15) is 0 Å². The van der Waals surface area contributed by atoms with E-state index in [1.807, 2.05) is 11.4 Å². The SMILES string of the molecule is NNc1csc(CCl)c1. The van der Waals surface area contributed by atoms with Crippen molar-refractivity contribution in [2.45, 2.75) is 5.88 Å². The summed E-state index contributed by atoms with van der Waals surface area (Å²) in [5.41, 5.74) is 3.46. The Bertz CT molecular complexity index is 168. The molecule has 1 aromatic rings. The molecule has 0 aromatic carbocycles. The molecule has 1 rings (SSSR count). The van der Waals surface area contributed by atoms with Gasteiger partial charge in [0, 0.05) is 10.3 Å². The van der Waals surface area contributed by atoms with Crippen LogP contribution < -0.4 is 11.3 Å². The van der Waals surface area contributed by atoms with Gasteiger partial charge in [-0.25, -0.2) is 0 Å². The molecule has 1 heterocycles. The van der Waals surface area contributed by atoms with Gasteiger partial charge in [-0.15, -0.1) is 22.9 Å². The Morgan fingerprint density at radius 3 is 2.89 bits per heavy atom. The molecule has 0 amide bonds. The van der Waals surface area contributed by atoms with Crippen LogP contribution >= 0.6 is 22.9 Å². The van der Waals surface area contributed by atoms with E-state index >= 15 is 0 Å². The summed E-state index contributed by atoms with van der Waals surface area (Å²) < 4.78 is 0. The molecule has 0 saturated carbocycles. The fourth-order valence-corrected chi connectivity index (χ4v) is 1.46. The Morgan fingerprint density at radius 2 is 2.56 bits per heavy atom. The topological polar surface area (TPSA) is 38.0 Å². The van der Waals surface area contributed by atoms with E-state index in [-0.39, 0.29) is 0 Å². The molecule has 0 bridgehead atoms. The normalized spacial score (nSPS) is 9.56. The molecule has 0 aliphatic heterocycles. The summed E-state index contributed by atoms with van der Waals surface area (Å²) in [7, 11) is 0. The van der Waals surface area contributed by atoms with E-state index < -0.39 is 0 Å². The molecule has 0 spiro atoms. The van der Waals surface area contributed by atoms with Crippen molar-refractivity contribution < 1.29 is 0 Å². The molecule has 0 saturated heterocycles. The summed E-state index contributed by atoms with van der Waals surface area (Å²) in [5.74, 6) is 5.69. The van der Waals surface area contributed by atoms with Crippen molar-refractivity contribution in [1.29, 1.82) is 0 Å². The van der Waals surface area contributed by atoms with Crippen molar-refractivity contribution >= 4 is 28.6 Å². The summed E-state index contributed by atoms with van der Waals surface area (Å²) in [6, 6.07) is 1.93. The Labute approximate surface area is 62.6 Å². The minimum Gasteiger partial charge on any atom is -0.323 e. The van der Waals surface area contributed by atoms with Crippen LogP contribution in [0.25, 0.3) is 0 Å². The lowest BCUT2D eigenvalue weighted by molar-refractivity contribution is 1.36. The van der Waals surface area contributed by atoms with Crippen LogP contribution in [0.15, 0.2) is 11.4 Å². The molecule has 0 fully saturated rings. The number of anilines is 1. The summed E-state index contributed by atoms with van der Waals surface area (Å²) in [6.07, 6.45) is 0. The van der Waals surface area contributed by atoms with Gasteiger partial charge in [0.15, 0.2) is 0 Å². The third-order valence-electron chi connectivity index (χ3n) is 0.952. The molecular formula is C5H7ClN2S. The van der Waals surface area contributed by atoms with Crippen LogP contribution in [-0.4, -0.2) is 0 Å². The third-order valence-corrected chi connectivity index (χ3v) is 2.34. The number of hydrogen-bond acceptors (Lipinski definition) is 3. The minimum absolute atomic E-state index is 0.562. The number of alkyl halides is 1. The molecule has 3 N–H and O–H groups in total. The van der Waals surface area contributed by atoms with Crippen molar-refractivity contribution in [3.63, 3.8) is 0 Å². The highest BCUT2D eigenvalue weighted by Crippen LogP contribution is 2.19. The van der Waals surface area contributed by atoms with E-state index in [1.54, 1.807) is 11.3 Å². The zero-order valence-electron chi connectivity index (χ0n) is 4.73. The maximum atomic E-state index is 5.54. The Kier molecular flexibility index (Phi) is 2.33. The summed E-state index contributed by atoms with van der Waals surface area (Å²) in [6.45, 7) is 0. The van der Waals surface area contributed by atoms with Crippen LogP contribution in [0.3, 0.4) is 0 Å². The molecule has 2 nitrogen and oxygen atoms in total. The van der Waals surface area contributed by atoms with Crippen LogP contribution in [0.2, 0.25) is 0 Å². The standard InChI is InChI=1S/C5H7ClN2S/c6-2-5-1-4(8-7)3-9-5/h1,3,8H,2,7H2. The van der Waals surface area contributed by atoms with E-state index in [2.05, 4.69) is 5.43 Å². The van der Waals surface area contributed by atoms with Gasteiger partial charge in [-0.05, 0) is 6.07 Å². The largest absolute Gasteiger partial charge is 0.323 e. The Morgan fingerprint density at radius 1 is 1.78 bits per heavy atom. The number of hydrazine groups is 1. The molecule has 9 heavy (non-hydrogen) atoms. The molecule has 1 aromatic heterocycles. The number of halogens is 1. The molecular weight excluding hydrogens is 156 g/mol. The lowest BCUT2D eigenvalue weighted by atomic mass is 10.5. The average Bonchev–Trinajstić information content (AvgIpc) is 2.34. The van der Waals surface area contributed by atoms with Gasteiger partial charge in [-0.1, -0.05) is 0 Å². The Balaban J connectivity index is 2.74. The van der Waals surface area contributed by atoms with Gasteiger partial charge >= 0.3 is 0 Å². The van der Waals surface area contributed by atoms with E-state index in [0.717, 1.165) is 10.6 Å². The number of nitrogens with two attached hydrogens (primary N) is 1. The molecule has 0 atom stereocenters. The second-order valence-corrected chi connectivity index (χ2v) is 2.84. The average molecular weight is 163 g/mol. The zero-order valence-corrected chi connectivity index (χ0v) is 6.30. The van der Waals surface area contributed by atoms with E-state index in [1.165, 1.54) is 0 Å². The van der Waals surface area contributed by atoms with Gasteiger partial charge in [0.25, 0.3) is 0 Å². The maximum Gasteiger partial charge on any atom is 0.0595 e. The zero-order chi connectivity index (χ0) is 6.69. The monoisotopic (exact) mass is 162 g/mol. The molecule has 0 unspecified atom stereocenters. The van der Waals surface area contributed by atoms with Gasteiger partial charge < -0.3 is 5.43 Å². The molecule has 4 heteroatoms. The first-order valence-corrected chi connectivity index (χ1v) is 3.88. The first-order chi connectivity index (χ1) is 4.36. The number of nitrogens with one attached hydrogen (secondary N) is 1. The highest BCUT2D eigenvalue weighted by atomic mass is 35.5. The second kappa shape index (κ2) is 3.06. The third kappa shape index (κ3) is 1.58. The van der Waals surface area contributed by atoms with Gasteiger partial charge in [-0.3, -0.25) is 5.84 Å². The van der Waals surface area contributed by atoms with Crippen molar-refractivity contribution in [1.82, 2.24) is 0 Å². The number of hydrogen-bond donors (Lipinski definition) is 2. The van der Waals surface area contributed by atoms with Gasteiger partial charge in [0.2, 0.25) is 0 Å². The molecule has 0 aliphatic rings. The number of thiophene rings is 1. The van der Waals surface area contributed by atoms with Crippen molar-refractivity contribution in [2.24, 2.45) is 5.84 Å². The Hall–Kier alpha value is -0.250. The van der Waals surface area contributed by atoms with Crippen molar-refractivity contribution in [3.05, 3.63) is 16.3 Å². The first-order valence-electron chi connectivity index (χ1n) is 2.47. The second-order valence-electron chi connectivity index (χ2n) is 1.58. The first kappa shape index (κ1) is 6.86.